The number of nitrogens with zero attached hydrogens (tertiary/aromatic N) is 1. The summed E-state index contributed by atoms with van der Waals surface area (Å²) in [6, 6.07) is 3.57. The van der Waals surface area contributed by atoms with E-state index in [4.69, 9.17) is 10.8 Å². The van der Waals surface area contributed by atoms with Crippen molar-refractivity contribution in [3.63, 3.8) is 0 Å². The Balaban J connectivity index is 1.83. The van der Waals surface area contributed by atoms with Gasteiger partial charge in [0, 0.05) is 28.9 Å². The molecule has 2 aromatic heterocycles. The zero-order chi connectivity index (χ0) is 22.1. The topological polar surface area (TPSA) is 104 Å². The third kappa shape index (κ3) is 4.53. The molecule has 30 heavy (non-hydrogen) atoms. The largest absolute Gasteiger partial charge is 0.419 e. The molecule has 3 rings (SSSR count). The Hall–Kier alpha value is -2.76. The van der Waals surface area contributed by atoms with Crippen molar-refractivity contribution >= 4 is 17.2 Å². The van der Waals surface area contributed by atoms with Gasteiger partial charge in [0.1, 0.15) is 16.5 Å². The van der Waals surface area contributed by atoms with Gasteiger partial charge in [0.2, 0.25) is 0 Å². The molecule has 0 unspecified atom stereocenters. The Kier molecular flexibility index (Phi) is 6.25. The number of carbonyl (C=O) groups excluding carboxylic acids is 1. The van der Waals surface area contributed by atoms with E-state index in [0.717, 1.165) is 12.1 Å². The summed E-state index contributed by atoms with van der Waals surface area (Å²) in [6.07, 6.45) is -3.27. The Morgan fingerprint density at radius 1 is 1.37 bits per heavy atom. The molecule has 0 saturated carbocycles. The molecule has 5 N–H and O–H groups in total. The summed E-state index contributed by atoms with van der Waals surface area (Å²) in [4.78, 5) is 20.2. The zero-order valence-corrected chi connectivity index (χ0v) is 16.5. The van der Waals surface area contributed by atoms with Gasteiger partial charge in [-0.2, -0.15) is 13.2 Å². The van der Waals surface area contributed by atoms with E-state index in [2.05, 4.69) is 15.3 Å². The number of halogens is 4. The third-order valence-electron chi connectivity index (χ3n) is 4.42. The first-order valence-electron chi connectivity index (χ1n) is 8.77. The van der Waals surface area contributed by atoms with Gasteiger partial charge in [0.05, 0.1) is 18.2 Å². The van der Waals surface area contributed by atoms with E-state index in [1.54, 1.807) is 13.0 Å². The molecule has 3 aromatic rings. The van der Waals surface area contributed by atoms with Crippen molar-refractivity contribution in [2.24, 2.45) is 5.73 Å². The van der Waals surface area contributed by atoms with Gasteiger partial charge in [-0.05, 0) is 30.7 Å². The fourth-order valence-corrected chi connectivity index (χ4v) is 3.74. The number of thiazole rings is 1. The van der Waals surface area contributed by atoms with Crippen molar-refractivity contribution in [2.45, 2.75) is 25.7 Å². The minimum absolute atomic E-state index is 0.0928. The number of H-pyrrole nitrogens is 1. The maximum Gasteiger partial charge on any atom is 0.419 e. The molecule has 2 heterocycles. The molecule has 0 radical (unpaired) electrons. The number of aliphatic hydroxyl groups is 1. The molecule has 160 valence electrons. The van der Waals surface area contributed by atoms with Crippen LogP contribution in [0.5, 0.6) is 0 Å². The lowest BCUT2D eigenvalue weighted by Gasteiger charge is -2.14. The molecule has 0 aliphatic rings. The second-order valence-corrected chi connectivity index (χ2v) is 7.66. The van der Waals surface area contributed by atoms with Gasteiger partial charge in [-0.1, -0.05) is 6.07 Å². The van der Waals surface area contributed by atoms with Gasteiger partial charge < -0.3 is 21.1 Å². The lowest BCUT2D eigenvalue weighted by atomic mass is 10.1. The number of aryl methyl sites for hydroxylation is 1. The van der Waals surface area contributed by atoms with Gasteiger partial charge >= 0.3 is 6.18 Å². The number of alkyl halides is 3. The maximum atomic E-state index is 13.9. The number of aromatic amines is 1. The molecule has 0 saturated heterocycles. The number of nitrogens with two attached hydrogens (primary N) is 1. The highest BCUT2D eigenvalue weighted by atomic mass is 32.1. The standard InChI is InChI=1S/C19H18F4N4O2S/c1-9-4-13(10-2-3-11(12(20)5-10)19(21,22)23)26-17(9)18(29)27-14(6-24)15-7-25-16(8-28)30-15/h2-5,7,14,26,28H,6,8,24H2,1H3,(H,27,29)/t14-/m0/s1. The van der Waals surface area contributed by atoms with Crippen LogP contribution in [-0.4, -0.2) is 27.5 Å². The quantitative estimate of drug-likeness (QED) is 0.439. The van der Waals surface area contributed by atoms with E-state index in [-0.39, 0.29) is 24.4 Å². The third-order valence-corrected chi connectivity index (χ3v) is 5.51. The molecular formula is C19H18F4N4O2S. The monoisotopic (exact) mass is 442 g/mol. The van der Waals surface area contributed by atoms with Crippen LogP contribution in [0.3, 0.4) is 0 Å². The highest BCUT2D eigenvalue weighted by molar-refractivity contribution is 7.11. The predicted octanol–water partition coefficient (Wildman–Crippen LogP) is 3.53. The van der Waals surface area contributed by atoms with E-state index in [0.29, 0.717) is 27.2 Å². The molecule has 1 amide bonds. The van der Waals surface area contributed by atoms with Crippen LogP contribution >= 0.6 is 11.3 Å². The number of carbonyl (C=O) groups is 1. The molecule has 11 heteroatoms. The molecule has 6 nitrogen and oxygen atoms in total. The van der Waals surface area contributed by atoms with Crippen LogP contribution < -0.4 is 11.1 Å². The van der Waals surface area contributed by atoms with Gasteiger partial charge in [-0.15, -0.1) is 11.3 Å². The highest BCUT2D eigenvalue weighted by Gasteiger charge is 2.34. The molecule has 0 spiro atoms. The average molecular weight is 442 g/mol. The number of rotatable bonds is 6. The number of nitrogens with one attached hydrogen (secondary N) is 2. The van der Waals surface area contributed by atoms with Crippen molar-refractivity contribution in [2.75, 3.05) is 6.54 Å². The smallest absolute Gasteiger partial charge is 0.389 e. The molecule has 1 atom stereocenters. The molecule has 0 bridgehead atoms. The molecule has 0 aliphatic carbocycles. The molecule has 0 aliphatic heterocycles. The average Bonchev–Trinajstić information content (AvgIpc) is 3.31. The second-order valence-electron chi connectivity index (χ2n) is 6.51. The van der Waals surface area contributed by atoms with Gasteiger partial charge in [-0.3, -0.25) is 4.79 Å². The van der Waals surface area contributed by atoms with Crippen LogP contribution in [0.2, 0.25) is 0 Å². The summed E-state index contributed by atoms with van der Waals surface area (Å²) in [7, 11) is 0. The lowest BCUT2D eigenvalue weighted by molar-refractivity contribution is -0.139. The first-order valence-corrected chi connectivity index (χ1v) is 9.58. The summed E-state index contributed by atoms with van der Waals surface area (Å²) < 4.78 is 52.1. The Morgan fingerprint density at radius 2 is 2.10 bits per heavy atom. The van der Waals surface area contributed by atoms with E-state index >= 15 is 0 Å². The Labute approximate surface area is 172 Å². The van der Waals surface area contributed by atoms with Crippen molar-refractivity contribution in [3.05, 3.63) is 63.0 Å². The Morgan fingerprint density at radius 3 is 2.67 bits per heavy atom. The van der Waals surface area contributed by atoms with Gasteiger partial charge in [0.25, 0.3) is 5.91 Å². The number of hydrogen-bond acceptors (Lipinski definition) is 5. The highest BCUT2D eigenvalue weighted by Crippen LogP contribution is 2.33. The van der Waals surface area contributed by atoms with Gasteiger partial charge in [0.15, 0.2) is 0 Å². The van der Waals surface area contributed by atoms with Crippen LogP contribution in [0, 0.1) is 12.7 Å². The van der Waals surface area contributed by atoms with Crippen molar-refractivity contribution in [1.82, 2.24) is 15.3 Å². The number of aromatic nitrogens is 2. The minimum atomic E-state index is -4.79. The number of aliphatic hydroxyl groups excluding tert-OH is 1. The summed E-state index contributed by atoms with van der Waals surface area (Å²) in [5.74, 6) is -1.88. The Bertz CT molecular complexity index is 1060. The van der Waals surface area contributed by atoms with Crippen LogP contribution in [0.15, 0.2) is 30.5 Å². The lowest BCUT2D eigenvalue weighted by Crippen LogP contribution is -2.33. The maximum absolute atomic E-state index is 13.9. The minimum Gasteiger partial charge on any atom is -0.389 e. The first-order chi connectivity index (χ1) is 14.1. The van der Waals surface area contributed by atoms with E-state index < -0.39 is 29.5 Å². The number of benzene rings is 1. The summed E-state index contributed by atoms with van der Waals surface area (Å²) in [5.41, 5.74) is 5.56. The van der Waals surface area contributed by atoms with Crippen LogP contribution in [-0.2, 0) is 12.8 Å². The summed E-state index contributed by atoms with van der Waals surface area (Å²) in [5, 5.41) is 12.4. The SMILES string of the molecule is Cc1cc(-c2ccc(C(F)(F)F)c(F)c2)[nH]c1C(=O)N[C@@H](CN)c1cnc(CO)s1. The van der Waals surface area contributed by atoms with E-state index in [1.807, 2.05) is 0 Å². The molecule has 1 aromatic carbocycles. The normalized spacial score (nSPS) is 12.8. The zero-order valence-electron chi connectivity index (χ0n) is 15.7. The van der Waals surface area contributed by atoms with Crippen LogP contribution in [0.25, 0.3) is 11.3 Å². The van der Waals surface area contributed by atoms with E-state index in [1.165, 1.54) is 17.5 Å². The second kappa shape index (κ2) is 8.54. The molecular weight excluding hydrogens is 424 g/mol. The van der Waals surface area contributed by atoms with E-state index in [9.17, 15) is 22.4 Å². The first kappa shape index (κ1) is 21.9. The fourth-order valence-electron chi connectivity index (χ4n) is 2.90. The van der Waals surface area contributed by atoms with Crippen molar-refractivity contribution in [3.8, 4) is 11.3 Å². The van der Waals surface area contributed by atoms with Crippen LogP contribution in [0.4, 0.5) is 17.6 Å². The van der Waals surface area contributed by atoms with Gasteiger partial charge in [-0.25, -0.2) is 9.37 Å². The van der Waals surface area contributed by atoms with Crippen molar-refractivity contribution in [1.29, 1.82) is 0 Å². The number of hydrogen-bond donors (Lipinski definition) is 4. The van der Waals surface area contributed by atoms with Crippen molar-refractivity contribution < 1.29 is 27.5 Å². The number of amides is 1. The summed E-state index contributed by atoms with van der Waals surface area (Å²) >= 11 is 1.21. The van der Waals surface area contributed by atoms with Crippen LogP contribution in [0.1, 0.15) is 37.5 Å². The predicted molar refractivity (Wildman–Crippen MR) is 103 cm³/mol. The fraction of sp³-hybridized carbons (Fsp3) is 0.263. The molecule has 0 fully saturated rings. The summed E-state index contributed by atoms with van der Waals surface area (Å²) in [6.45, 7) is 1.51.